The van der Waals surface area contributed by atoms with E-state index in [0.29, 0.717) is 55.5 Å². The van der Waals surface area contributed by atoms with E-state index in [2.05, 4.69) is 12.7 Å². The maximum absolute atomic E-state index is 14.2. The van der Waals surface area contributed by atoms with Crippen molar-refractivity contribution in [1.82, 2.24) is 4.90 Å². The number of fused-ring (bicyclic) bond motifs is 2. The van der Waals surface area contributed by atoms with Crippen LogP contribution in [-0.4, -0.2) is 77.0 Å². The van der Waals surface area contributed by atoms with Crippen LogP contribution >= 0.6 is 0 Å². The Bertz CT molecular complexity index is 1740. The second kappa shape index (κ2) is 19.3. The largest absolute Gasteiger partial charge is 0.459 e. The third-order valence-corrected chi connectivity index (χ3v) is 12.3. The van der Waals surface area contributed by atoms with E-state index in [1.54, 1.807) is 24.3 Å². The van der Waals surface area contributed by atoms with Crippen LogP contribution < -0.4 is 9.47 Å². The summed E-state index contributed by atoms with van der Waals surface area (Å²) in [5, 5.41) is 36.0. The molecule has 1 amide bonds. The molecule has 0 aromatic heterocycles. The Kier molecular flexibility index (Phi) is 14.2. The van der Waals surface area contributed by atoms with Gasteiger partial charge in [0.25, 0.3) is 5.69 Å². The number of benzene rings is 2. The molecule has 2 fully saturated rings. The molecule has 3 aliphatic carbocycles. The molecule has 6 unspecified atom stereocenters. The van der Waals surface area contributed by atoms with E-state index in [4.69, 9.17) is 24.2 Å². The fourth-order valence-electron chi connectivity index (χ4n) is 9.71. The minimum atomic E-state index is -1.31. The van der Waals surface area contributed by atoms with Gasteiger partial charge in [0.2, 0.25) is 11.7 Å². The molecule has 0 radical (unpaired) electrons. The summed E-state index contributed by atoms with van der Waals surface area (Å²) in [5.41, 5.74) is 2.57. The van der Waals surface area contributed by atoms with Crippen LogP contribution in [-0.2, 0) is 14.4 Å². The zero-order valence-electron chi connectivity index (χ0n) is 33.0. The molecule has 12 nitrogen and oxygen atoms in total. The molecule has 2 aromatic carbocycles. The van der Waals surface area contributed by atoms with Crippen molar-refractivity contribution in [3.63, 3.8) is 0 Å². The number of oxime groups is 1. The number of allylic oxidation sites excluding steroid dienone is 1. The van der Waals surface area contributed by atoms with Gasteiger partial charge in [0, 0.05) is 50.7 Å². The summed E-state index contributed by atoms with van der Waals surface area (Å²) in [7, 11) is 1.86. The summed E-state index contributed by atoms with van der Waals surface area (Å²) in [6, 6.07) is 11.2. The lowest BCUT2D eigenvalue weighted by molar-refractivity contribution is -0.384. The highest BCUT2D eigenvalue weighted by Gasteiger charge is 2.65. The van der Waals surface area contributed by atoms with Crippen LogP contribution in [0.1, 0.15) is 102 Å². The van der Waals surface area contributed by atoms with Crippen LogP contribution in [0.5, 0.6) is 17.2 Å². The lowest BCUT2D eigenvalue weighted by Gasteiger charge is -2.59. The maximum Gasteiger partial charge on any atom is 0.273 e. The first-order valence-electron chi connectivity index (χ1n) is 20.6. The van der Waals surface area contributed by atoms with Crippen molar-refractivity contribution in [1.29, 1.82) is 0 Å². The molecule has 6 rings (SSSR count). The zero-order chi connectivity index (χ0) is 39.7. The van der Waals surface area contributed by atoms with Gasteiger partial charge in [-0.2, -0.15) is 0 Å². The average Bonchev–Trinajstić information content (AvgIpc) is 3.73. The molecule has 0 spiro atoms. The molecular weight excluding hydrogens is 714 g/mol. The predicted molar refractivity (Wildman–Crippen MR) is 214 cm³/mol. The third-order valence-electron chi connectivity index (χ3n) is 12.3. The first kappa shape index (κ1) is 41.4. The standard InChI is InChI=1S/C44H59N3O9/c1-4-25-53-44-40(46(3)41(50)22-19-30-13-6-7-14-30)29-38(45-54-5-2)36-26-31(15-8-10-23-48)35(18-9-11-24-49)42(43(36)44)37-28-34(20-21-39(37)56-44)55-33-17-12-16-32(27-33)47(51)52/h4,12,16-17,20-21,26-28,30-31,35,40,42-43,48-49H,1,5-11,13-15,18-19,22-25,29H2,2-3H3. The lowest BCUT2D eigenvalue weighted by Crippen LogP contribution is -2.69. The number of aliphatic hydroxyl groups is 2. The van der Waals surface area contributed by atoms with Crippen molar-refractivity contribution in [2.45, 2.75) is 108 Å². The summed E-state index contributed by atoms with van der Waals surface area (Å²) in [5.74, 6) is 0.287. The van der Waals surface area contributed by atoms with Gasteiger partial charge in [-0.1, -0.05) is 61.9 Å². The normalized spacial score (nSPS) is 26.1. The van der Waals surface area contributed by atoms with E-state index in [-0.39, 0.29) is 49.2 Å². The highest BCUT2D eigenvalue weighted by molar-refractivity contribution is 6.03. The van der Waals surface area contributed by atoms with E-state index in [1.807, 2.05) is 31.0 Å². The molecule has 2 N–H and O–H groups in total. The van der Waals surface area contributed by atoms with Gasteiger partial charge in [-0.15, -0.1) is 6.58 Å². The Morgan fingerprint density at radius 2 is 1.82 bits per heavy atom. The fraction of sp³-hybridized carbons (Fsp3) is 0.591. The summed E-state index contributed by atoms with van der Waals surface area (Å²) in [6.45, 7) is 6.66. The zero-order valence-corrected chi connectivity index (χ0v) is 33.0. The topological polar surface area (TPSA) is 153 Å². The van der Waals surface area contributed by atoms with E-state index in [1.165, 1.54) is 37.8 Å². The number of rotatable bonds is 20. The van der Waals surface area contributed by atoms with E-state index in [9.17, 15) is 25.1 Å². The Morgan fingerprint density at radius 3 is 2.54 bits per heavy atom. The molecule has 0 bridgehead atoms. The van der Waals surface area contributed by atoms with Crippen molar-refractivity contribution in [3.8, 4) is 17.2 Å². The number of unbranched alkanes of at least 4 members (excludes halogenated alkanes) is 2. The Labute approximate surface area is 330 Å². The van der Waals surface area contributed by atoms with Gasteiger partial charge in [0.1, 0.15) is 29.9 Å². The SMILES string of the molecule is C=CCOC12Oc3ccc(Oc4cccc([N+](=O)[O-])c4)cc3C3C(CCCCO)C(CCCCO)C=C(C(=NOCC)CC1N(C)C(=O)CCC1CCCC1)C32. The van der Waals surface area contributed by atoms with Crippen LogP contribution in [0.15, 0.2) is 71.9 Å². The molecule has 6 atom stereocenters. The number of hydrogen-bond donors (Lipinski definition) is 2. The van der Waals surface area contributed by atoms with Crippen molar-refractivity contribution in [2.24, 2.45) is 28.8 Å². The van der Waals surface area contributed by atoms with Crippen LogP contribution in [0.2, 0.25) is 0 Å². The first-order chi connectivity index (χ1) is 27.2. The van der Waals surface area contributed by atoms with Gasteiger partial charge < -0.3 is 34.2 Å². The number of nitrogens with zero attached hydrogens (tertiary/aromatic N) is 3. The number of carbonyl (C=O) groups is 1. The van der Waals surface area contributed by atoms with E-state index >= 15 is 0 Å². The molecular formula is C44H59N3O9. The van der Waals surface area contributed by atoms with Gasteiger partial charge >= 0.3 is 0 Å². The molecule has 4 aliphatic rings. The Hall–Kier alpha value is -4.26. The monoisotopic (exact) mass is 773 g/mol. The molecule has 1 aliphatic heterocycles. The first-order valence-corrected chi connectivity index (χ1v) is 20.6. The molecule has 2 saturated carbocycles. The highest BCUT2D eigenvalue weighted by atomic mass is 16.7. The lowest BCUT2D eigenvalue weighted by atomic mass is 9.55. The number of amides is 1. The molecule has 56 heavy (non-hydrogen) atoms. The van der Waals surface area contributed by atoms with Gasteiger partial charge in [-0.05, 0) is 86.6 Å². The molecule has 304 valence electrons. The number of nitro groups is 1. The minimum Gasteiger partial charge on any atom is -0.459 e. The molecule has 2 aromatic rings. The van der Waals surface area contributed by atoms with Crippen molar-refractivity contribution in [2.75, 3.05) is 33.5 Å². The van der Waals surface area contributed by atoms with Crippen molar-refractivity contribution < 1.29 is 39.0 Å². The van der Waals surface area contributed by atoms with Crippen molar-refractivity contribution in [3.05, 3.63) is 82.4 Å². The van der Waals surface area contributed by atoms with Gasteiger partial charge in [0.15, 0.2) is 0 Å². The van der Waals surface area contributed by atoms with Gasteiger partial charge in [-0.3, -0.25) is 14.9 Å². The van der Waals surface area contributed by atoms with Crippen LogP contribution in [0, 0.1) is 33.8 Å². The molecule has 0 saturated heterocycles. The summed E-state index contributed by atoms with van der Waals surface area (Å²) < 4.78 is 20.5. The maximum atomic E-state index is 14.2. The van der Waals surface area contributed by atoms with Crippen LogP contribution in [0.4, 0.5) is 5.69 Å². The van der Waals surface area contributed by atoms with E-state index in [0.717, 1.165) is 49.0 Å². The number of likely N-dealkylation sites (N-methyl/N-ethyl adjacent to an activating group) is 1. The molecule has 12 heteroatoms. The quantitative estimate of drug-likeness (QED) is 0.0584. The number of nitro benzene ring substituents is 1. The van der Waals surface area contributed by atoms with Crippen LogP contribution in [0.25, 0.3) is 0 Å². The van der Waals surface area contributed by atoms with Crippen molar-refractivity contribution >= 4 is 17.3 Å². The predicted octanol–water partition coefficient (Wildman–Crippen LogP) is 8.47. The number of non-ortho nitro benzene ring substituents is 1. The number of carbonyl (C=O) groups excluding carboxylic acids is 1. The smallest absolute Gasteiger partial charge is 0.273 e. The second-order valence-corrected chi connectivity index (χ2v) is 15.7. The van der Waals surface area contributed by atoms with Crippen LogP contribution in [0.3, 0.4) is 0 Å². The number of aliphatic hydroxyl groups excluding tert-OH is 2. The minimum absolute atomic E-state index is 0.0375. The third kappa shape index (κ3) is 8.98. The fourth-order valence-corrected chi connectivity index (χ4v) is 9.71. The molecule has 1 heterocycles. The van der Waals surface area contributed by atoms with Gasteiger partial charge in [-0.25, -0.2) is 0 Å². The Balaban J connectivity index is 1.51. The van der Waals surface area contributed by atoms with E-state index < -0.39 is 22.7 Å². The van der Waals surface area contributed by atoms with Gasteiger partial charge in [0.05, 0.1) is 29.2 Å². The number of hydrogen-bond acceptors (Lipinski definition) is 10. The summed E-state index contributed by atoms with van der Waals surface area (Å²) in [6.07, 6.45) is 15.1. The highest BCUT2D eigenvalue weighted by Crippen LogP contribution is 2.62. The Morgan fingerprint density at radius 1 is 1.07 bits per heavy atom. The average molecular weight is 774 g/mol. The summed E-state index contributed by atoms with van der Waals surface area (Å²) in [4.78, 5) is 33.0. The summed E-state index contributed by atoms with van der Waals surface area (Å²) >= 11 is 0. The number of ether oxygens (including phenoxy) is 3. The second-order valence-electron chi connectivity index (χ2n) is 15.7.